The van der Waals surface area contributed by atoms with Gasteiger partial charge in [-0.3, -0.25) is 0 Å². The molecule has 0 radical (unpaired) electrons. The third-order valence-electron chi connectivity index (χ3n) is 2.23. The smallest absolute Gasteiger partial charge is 0.462 e. The average Bonchev–Trinajstić information content (AvgIpc) is 2.48. The lowest BCUT2D eigenvalue weighted by molar-refractivity contribution is -0.139. The highest BCUT2D eigenvalue weighted by atomic mass is 28.4. The van der Waals surface area contributed by atoms with E-state index >= 15 is 0 Å². The Hall–Kier alpha value is -1.46. The van der Waals surface area contributed by atoms with Crippen LogP contribution in [0.25, 0.3) is 0 Å². The van der Waals surface area contributed by atoms with Gasteiger partial charge in [-0.25, -0.2) is 4.79 Å². The summed E-state index contributed by atoms with van der Waals surface area (Å²) in [6, 6.07) is 2.31. The van der Waals surface area contributed by atoms with Crippen LogP contribution >= 0.6 is 0 Å². The van der Waals surface area contributed by atoms with Crippen molar-refractivity contribution in [1.82, 2.24) is 0 Å². The van der Waals surface area contributed by atoms with Crippen LogP contribution in [0.4, 0.5) is 0 Å². The molecule has 0 aliphatic rings. The van der Waals surface area contributed by atoms with E-state index in [-0.39, 0.29) is 5.97 Å². The second-order valence-electron chi connectivity index (χ2n) is 3.65. The molecule has 0 aliphatic carbocycles. The van der Waals surface area contributed by atoms with E-state index in [4.69, 9.17) is 23.3 Å². The Labute approximate surface area is 122 Å². The summed E-state index contributed by atoms with van der Waals surface area (Å²) in [5.41, 5.74) is 0.397. The summed E-state index contributed by atoms with van der Waals surface area (Å²) in [7, 11) is 2.13. The number of allylic oxidation sites excluding steroid dienone is 1. The highest BCUT2D eigenvalue weighted by Crippen LogP contribution is 2.14. The van der Waals surface area contributed by atoms with Gasteiger partial charge in [-0.2, -0.15) is 5.26 Å². The maximum Gasteiger partial charge on any atom is 0.500 e. The van der Waals surface area contributed by atoms with E-state index in [9.17, 15) is 4.79 Å². The number of hydrogen-bond acceptors (Lipinski definition) is 6. The van der Waals surface area contributed by atoms with Crippen LogP contribution in [0, 0.1) is 11.3 Å². The summed E-state index contributed by atoms with van der Waals surface area (Å²) in [6.45, 7) is 8.54. The van der Waals surface area contributed by atoms with Gasteiger partial charge in [0.1, 0.15) is 0 Å². The van der Waals surface area contributed by atoms with Crippen molar-refractivity contribution in [2.24, 2.45) is 0 Å². The highest BCUT2D eigenvalue weighted by Gasteiger charge is 2.36. The Kier molecular flexibility index (Phi) is 13.1. The van der Waals surface area contributed by atoms with E-state index in [1.807, 2.05) is 0 Å². The second kappa shape index (κ2) is 12.6. The summed E-state index contributed by atoms with van der Waals surface area (Å²) in [5, 5.41) is 7.51. The summed E-state index contributed by atoms with van der Waals surface area (Å²) >= 11 is 0. The first kappa shape index (κ1) is 20.8. The van der Waals surface area contributed by atoms with E-state index in [1.165, 1.54) is 6.08 Å². The number of carbonyl (C=O) groups excluding carboxylic acids is 1. The molecule has 0 saturated carbocycles. The van der Waals surface area contributed by atoms with Gasteiger partial charge >= 0.3 is 14.8 Å². The van der Waals surface area contributed by atoms with Crippen molar-refractivity contribution in [2.75, 3.05) is 27.9 Å². The number of nitrogens with zero attached hydrogens (tertiary/aromatic N) is 1. The van der Waals surface area contributed by atoms with Crippen molar-refractivity contribution >= 4 is 14.8 Å². The first-order chi connectivity index (χ1) is 9.42. The van der Waals surface area contributed by atoms with Crippen molar-refractivity contribution in [2.45, 2.75) is 19.4 Å². The number of ether oxygens (including phenoxy) is 1. The zero-order valence-electron chi connectivity index (χ0n) is 12.6. The molecule has 6 nitrogen and oxygen atoms in total. The molecule has 0 fully saturated rings. The molecular weight excluding hydrogens is 278 g/mol. The molecule has 0 aromatic heterocycles. The minimum absolute atomic E-state index is 0.316. The summed E-state index contributed by atoms with van der Waals surface area (Å²) in [5.74, 6) is -0.375. The SMILES string of the molecule is C=C(C)C(=O)OCCC[Si](OC)(OC)OC.C=CC#N. The van der Waals surface area contributed by atoms with Crippen LogP contribution in [-0.2, 0) is 22.8 Å². The van der Waals surface area contributed by atoms with Crippen molar-refractivity contribution in [3.8, 4) is 6.07 Å². The van der Waals surface area contributed by atoms with Gasteiger partial charge < -0.3 is 18.0 Å². The minimum atomic E-state index is -2.53. The normalized spacial score (nSPS) is 9.75. The van der Waals surface area contributed by atoms with Gasteiger partial charge in [0.25, 0.3) is 0 Å². The fourth-order valence-corrected chi connectivity index (χ4v) is 2.82. The van der Waals surface area contributed by atoms with E-state index in [0.717, 1.165) is 0 Å². The Morgan fingerprint density at radius 3 is 2.05 bits per heavy atom. The van der Waals surface area contributed by atoms with Gasteiger partial charge in [-0.05, 0) is 13.3 Å². The first-order valence-electron chi connectivity index (χ1n) is 5.91. The fraction of sp³-hybridized carbons (Fsp3) is 0.538. The highest BCUT2D eigenvalue weighted by molar-refractivity contribution is 6.60. The number of hydrogen-bond donors (Lipinski definition) is 0. The largest absolute Gasteiger partial charge is 0.500 e. The number of esters is 1. The van der Waals surface area contributed by atoms with Gasteiger partial charge in [-0.1, -0.05) is 13.2 Å². The van der Waals surface area contributed by atoms with E-state index < -0.39 is 8.80 Å². The molecular formula is C13H23NO5Si. The summed E-state index contributed by atoms with van der Waals surface area (Å²) in [6.07, 6.45) is 1.82. The molecule has 0 aromatic rings. The van der Waals surface area contributed by atoms with E-state index in [0.29, 0.717) is 24.6 Å². The molecule has 114 valence electrons. The molecule has 0 rings (SSSR count). The standard InChI is InChI=1S/C10H20O5Si.C3H3N/c1-9(2)10(11)15-7-6-8-16(12-3,13-4)14-5;1-2-3-4/h1,6-8H2,2-5H3;2H,1H2. The zero-order valence-corrected chi connectivity index (χ0v) is 13.6. The molecule has 0 saturated heterocycles. The lowest BCUT2D eigenvalue weighted by Crippen LogP contribution is -2.42. The van der Waals surface area contributed by atoms with Gasteiger partial charge in [0, 0.05) is 39.0 Å². The average molecular weight is 301 g/mol. The van der Waals surface area contributed by atoms with E-state index in [1.54, 1.807) is 34.3 Å². The van der Waals surface area contributed by atoms with Gasteiger partial charge in [0.15, 0.2) is 0 Å². The lowest BCUT2D eigenvalue weighted by Gasteiger charge is -2.24. The quantitative estimate of drug-likeness (QED) is 0.224. The predicted octanol–water partition coefficient (Wildman–Crippen LogP) is 2.07. The maximum atomic E-state index is 11.1. The zero-order chi connectivity index (χ0) is 16.0. The molecule has 0 heterocycles. The Bertz CT molecular complexity index is 339. The number of carbonyl (C=O) groups is 1. The van der Waals surface area contributed by atoms with Crippen molar-refractivity contribution < 1.29 is 22.8 Å². The molecule has 0 unspecified atom stereocenters. The second-order valence-corrected chi connectivity index (χ2v) is 6.74. The van der Waals surface area contributed by atoms with Crippen LogP contribution in [-0.4, -0.2) is 42.7 Å². The van der Waals surface area contributed by atoms with Gasteiger partial charge in [-0.15, -0.1) is 0 Å². The summed E-state index contributed by atoms with van der Waals surface area (Å²) < 4.78 is 20.6. The van der Waals surface area contributed by atoms with Crippen LogP contribution < -0.4 is 0 Å². The number of nitriles is 1. The van der Waals surface area contributed by atoms with Crippen LogP contribution in [0.1, 0.15) is 13.3 Å². The van der Waals surface area contributed by atoms with Crippen molar-refractivity contribution in [3.05, 3.63) is 24.8 Å². The molecule has 7 heteroatoms. The first-order valence-corrected chi connectivity index (χ1v) is 7.84. The van der Waals surface area contributed by atoms with Crippen molar-refractivity contribution in [1.29, 1.82) is 5.26 Å². The molecule has 0 N–H and O–H groups in total. The molecule has 0 amide bonds. The Balaban J connectivity index is 0. The van der Waals surface area contributed by atoms with Gasteiger partial charge in [0.2, 0.25) is 0 Å². The fourth-order valence-electron chi connectivity index (χ4n) is 1.13. The Morgan fingerprint density at radius 1 is 1.30 bits per heavy atom. The summed E-state index contributed by atoms with van der Waals surface area (Å²) in [4.78, 5) is 11.1. The molecule has 0 spiro atoms. The third-order valence-corrected chi connectivity index (χ3v) is 5.07. The minimum Gasteiger partial charge on any atom is -0.462 e. The molecule has 20 heavy (non-hydrogen) atoms. The molecule has 0 atom stereocenters. The number of rotatable bonds is 8. The van der Waals surface area contributed by atoms with Crippen LogP contribution in [0.2, 0.25) is 6.04 Å². The van der Waals surface area contributed by atoms with Crippen LogP contribution in [0.15, 0.2) is 24.8 Å². The lowest BCUT2D eigenvalue weighted by atomic mass is 10.4. The molecule has 0 aliphatic heterocycles. The van der Waals surface area contributed by atoms with Crippen LogP contribution in [0.5, 0.6) is 0 Å². The Morgan fingerprint density at radius 2 is 1.75 bits per heavy atom. The monoisotopic (exact) mass is 301 g/mol. The topological polar surface area (TPSA) is 77.8 Å². The van der Waals surface area contributed by atoms with E-state index in [2.05, 4.69) is 13.2 Å². The molecule has 0 bridgehead atoms. The molecule has 0 aromatic carbocycles. The maximum absolute atomic E-state index is 11.1. The van der Waals surface area contributed by atoms with Gasteiger partial charge in [0.05, 0.1) is 12.7 Å². The predicted molar refractivity (Wildman–Crippen MR) is 77.8 cm³/mol. The van der Waals surface area contributed by atoms with Crippen LogP contribution in [0.3, 0.4) is 0 Å². The third kappa shape index (κ3) is 9.46. The van der Waals surface area contributed by atoms with Crippen molar-refractivity contribution in [3.63, 3.8) is 0 Å².